The molecule has 0 heterocycles. The predicted octanol–water partition coefficient (Wildman–Crippen LogP) is 3.48. The molecule has 126 valence electrons. The number of aryl methyl sites for hydroxylation is 1. The van der Waals surface area contributed by atoms with Crippen molar-refractivity contribution in [3.63, 3.8) is 0 Å². The number of benzene rings is 2. The number of amides is 2. The number of nitrogens with zero attached hydrogens (tertiary/aromatic N) is 1. The highest BCUT2D eigenvalue weighted by Gasteiger charge is 2.15. The molecule has 0 aromatic heterocycles. The van der Waals surface area contributed by atoms with Gasteiger partial charge in [0.2, 0.25) is 5.91 Å². The Morgan fingerprint density at radius 3 is 2.42 bits per heavy atom. The molecule has 0 fully saturated rings. The van der Waals surface area contributed by atoms with Gasteiger partial charge < -0.3 is 15.0 Å². The van der Waals surface area contributed by atoms with Crippen LogP contribution >= 0.6 is 15.9 Å². The van der Waals surface area contributed by atoms with Crippen molar-refractivity contribution in [1.29, 1.82) is 0 Å². The van der Waals surface area contributed by atoms with Gasteiger partial charge in [-0.2, -0.15) is 0 Å². The molecule has 0 atom stereocenters. The number of carbonyl (C=O) groups is 2. The van der Waals surface area contributed by atoms with Crippen LogP contribution in [-0.2, 0) is 4.79 Å². The van der Waals surface area contributed by atoms with Crippen LogP contribution in [0.1, 0.15) is 15.9 Å². The first-order valence-corrected chi connectivity index (χ1v) is 8.15. The van der Waals surface area contributed by atoms with Crippen molar-refractivity contribution in [2.24, 2.45) is 0 Å². The lowest BCUT2D eigenvalue weighted by molar-refractivity contribution is -0.116. The number of carbonyl (C=O) groups excluding carboxylic acids is 2. The monoisotopic (exact) mass is 390 g/mol. The number of anilines is 1. The molecular formula is C18H19BrN2O3. The minimum Gasteiger partial charge on any atom is -0.497 e. The summed E-state index contributed by atoms with van der Waals surface area (Å²) in [6.45, 7) is 1.88. The van der Waals surface area contributed by atoms with Crippen molar-refractivity contribution >= 4 is 33.4 Å². The fourth-order valence-electron chi connectivity index (χ4n) is 2.20. The van der Waals surface area contributed by atoms with Crippen LogP contribution in [0.15, 0.2) is 46.9 Å². The van der Waals surface area contributed by atoms with Crippen LogP contribution in [0.5, 0.6) is 5.75 Å². The summed E-state index contributed by atoms with van der Waals surface area (Å²) in [6.07, 6.45) is 0. The number of nitrogens with one attached hydrogen (secondary N) is 1. The zero-order valence-electron chi connectivity index (χ0n) is 13.8. The van der Waals surface area contributed by atoms with Crippen molar-refractivity contribution in [1.82, 2.24) is 4.90 Å². The predicted molar refractivity (Wildman–Crippen MR) is 97.5 cm³/mol. The Hall–Kier alpha value is -2.34. The van der Waals surface area contributed by atoms with Crippen LogP contribution in [0.2, 0.25) is 0 Å². The molecule has 0 saturated heterocycles. The summed E-state index contributed by atoms with van der Waals surface area (Å²) in [5, 5.41) is 2.82. The summed E-state index contributed by atoms with van der Waals surface area (Å²) in [5.41, 5.74) is 2.18. The van der Waals surface area contributed by atoms with Gasteiger partial charge >= 0.3 is 0 Å². The molecule has 2 aromatic rings. The lowest BCUT2D eigenvalue weighted by atomic mass is 10.2. The first-order chi connectivity index (χ1) is 11.4. The van der Waals surface area contributed by atoms with E-state index >= 15 is 0 Å². The van der Waals surface area contributed by atoms with E-state index in [1.54, 1.807) is 38.4 Å². The maximum Gasteiger partial charge on any atom is 0.254 e. The quantitative estimate of drug-likeness (QED) is 0.849. The number of methoxy groups -OCH3 is 1. The maximum absolute atomic E-state index is 12.3. The van der Waals surface area contributed by atoms with E-state index in [-0.39, 0.29) is 18.4 Å². The van der Waals surface area contributed by atoms with Crippen LogP contribution < -0.4 is 10.1 Å². The highest BCUT2D eigenvalue weighted by Crippen LogP contribution is 2.20. The van der Waals surface area contributed by atoms with Gasteiger partial charge in [-0.25, -0.2) is 0 Å². The van der Waals surface area contributed by atoms with Crippen molar-refractivity contribution < 1.29 is 14.3 Å². The Labute approximate surface area is 149 Å². The van der Waals surface area contributed by atoms with Crippen LogP contribution in [0.4, 0.5) is 5.69 Å². The SMILES string of the molecule is COc1ccc(C(=O)N(C)CC(=O)Nc2ccc(Br)cc2C)cc1. The zero-order valence-corrected chi connectivity index (χ0v) is 15.4. The maximum atomic E-state index is 12.3. The van der Waals surface area contributed by atoms with Gasteiger partial charge in [-0.15, -0.1) is 0 Å². The van der Waals surface area contributed by atoms with Crippen LogP contribution in [-0.4, -0.2) is 37.4 Å². The van der Waals surface area contributed by atoms with Crippen LogP contribution in [0.25, 0.3) is 0 Å². The Morgan fingerprint density at radius 1 is 1.17 bits per heavy atom. The van der Waals surface area contributed by atoms with Crippen molar-refractivity contribution in [2.75, 3.05) is 26.0 Å². The normalized spacial score (nSPS) is 10.2. The molecule has 0 saturated carbocycles. The summed E-state index contributed by atoms with van der Waals surface area (Å²) in [5.74, 6) is 0.211. The zero-order chi connectivity index (χ0) is 17.7. The molecule has 24 heavy (non-hydrogen) atoms. The topological polar surface area (TPSA) is 58.6 Å². The molecule has 5 nitrogen and oxygen atoms in total. The molecule has 0 spiro atoms. The number of rotatable bonds is 5. The highest BCUT2D eigenvalue weighted by atomic mass is 79.9. The summed E-state index contributed by atoms with van der Waals surface area (Å²) >= 11 is 3.38. The molecule has 0 unspecified atom stereocenters. The Balaban J connectivity index is 1.98. The molecule has 2 amide bonds. The molecule has 6 heteroatoms. The van der Waals surface area contributed by atoms with E-state index < -0.39 is 0 Å². The average molecular weight is 391 g/mol. The Kier molecular flexibility index (Phi) is 5.98. The highest BCUT2D eigenvalue weighted by molar-refractivity contribution is 9.10. The lowest BCUT2D eigenvalue weighted by Crippen LogP contribution is -2.35. The van der Waals surface area contributed by atoms with E-state index in [2.05, 4.69) is 21.2 Å². The minimum atomic E-state index is -0.246. The second-order valence-electron chi connectivity index (χ2n) is 5.40. The second-order valence-corrected chi connectivity index (χ2v) is 6.31. The number of ether oxygens (including phenoxy) is 1. The van der Waals surface area contributed by atoms with Crippen molar-refractivity contribution in [3.8, 4) is 5.75 Å². The minimum absolute atomic E-state index is 0.0274. The van der Waals surface area contributed by atoms with Crippen molar-refractivity contribution in [3.05, 3.63) is 58.1 Å². The van der Waals surface area contributed by atoms with E-state index in [4.69, 9.17) is 4.74 Å². The molecule has 1 N–H and O–H groups in total. The molecule has 0 aliphatic carbocycles. The lowest BCUT2D eigenvalue weighted by Gasteiger charge is -2.17. The molecule has 0 radical (unpaired) electrons. The standard InChI is InChI=1S/C18H19BrN2O3/c1-12-10-14(19)6-9-16(12)20-17(22)11-21(2)18(23)13-4-7-15(24-3)8-5-13/h4-10H,11H2,1-3H3,(H,20,22). The summed E-state index contributed by atoms with van der Waals surface area (Å²) in [6, 6.07) is 12.4. The third kappa shape index (κ3) is 4.58. The van der Waals surface area contributed by atoms with Gasteiger partial charge in [-0.1, -0.05) is 15.9 Å². The van der Waals surface area contributed by atoms with Crippen molar-refractivity contribution in [2.45, 2.75) is 6.92 Å². The number of halogens is 1. The Bertz CT molecular complexity index is 744. The third-order valence-electron chi connectivity index (χ3n) is 3.53. The molecule has 0 bridgehead atoms. The fraction of sp³-hybridized carbons (Fsp3) is 0.222. The third-order valence-corrected chi connectivity index (χ3v) is 4.02. The van der Waals surface area contributed by atoms with Crippen LogP contribution in [0.3, 0.4) is 0 Å². The van der Waals surface area contributed by atoms with Gasteiger partial charge in [-0.05, 0) is 55.0 Å². The summed E-state index contributed by atoms with van der Waals surface area (Å²) < 4.78 is 6.02. The average Bonchev–Trinajstić information content (AvgIpc) is 2.56. The largest absolute Gasteiger partial charge is 0.497 e. The van der Waals surface area contributed by atoms with Gasteiger partial charge in [0.15, 0.2) is 0 Å². The van der Waals surface area contributed by atoms with Gasteiger partial charge in [-0.3, -0.25) is 9.59 Å². The summed E-state index contributed by atoms with van der Waals surface area (Å²) in [4.78, 5) is 25.9. The van der Waals surface area contributed by atoms with E-state index in [9.17, 15) is 9.59 Å². The molecule has 0 aliphatic heterocycles. The van der Waals surface area contributed by atoms with Gasteiger partial charge in [0.1, 0.15) is 5.75 Å². The smallest absolute Gasteiger partial charge is 0.254 e. The number of hydrogen-bond donors (Lipinski definition) is 1. The van der Waals surface area contributed by atoms with E-state index in [1.807, 2.05) is 25.1 Å². The van der Waals surface area contributed by atoms with E-state index in [0.29, 0.717) is 11.3 Å². The molecular weight excluding hydrogens is 372 g/mol. The molecule has 0 aliphatic rings. The first-order valence-electron chi connectivity index (χ1n) is 7.36. The van der Waals surface area contributed by atoms with E-state index in [1.165, 1.54) is 4.90 Å². The second kappa shape index (κ2) is 7.97. The molecule has 2 aromatic carbocycles. The first kappa shape index (κ1) is 18.0. The van der Waals surface area contributed by atoms with Gasteiger partial charge in [0.25, 0.3) is 5.91 Å². The molecule has 2 rings (SSSR count). The summed E-state index contributed by atoms with van der Waals surface area (Å²) in [7, 11) is 3.16. The van der Waals surface area contributed by atoms with E-state index in [0.717, 1.165) is 15.7 Å². The van der Waals surface area contributed by atoms with Crippen LogP contribution in [0, 0.1) is 6.92 Å². The number of hydrogen-bond acceptors (Lipinski definition) is 3. The Morgan fingerprint density at radius 2 is 1.83 bits per heavy atom. The fourth-order valence-corrected chi connectivity index (χ4v) is 2.67. The van der Waals surface area contributed by atoms with Gasteiger partial charge in [0, 0.05) is 22.8 Å². The van der Waals surface area contributed by atoms with Gasteiger partial charge in [0.05, 0.1) is 13.7 Å². The number of likely N-dealkylation sites (N-methyl/N-ethyl adjacent to an activating group) is 1.